The lowest BCUT2D eigenvalue weighted by atomic mass is 9.93. The molecule has 0 aliphatic heterocycles. The first-order valence-corrected chi connectivity index (χ1v) is 4.74. The smallest absolute Gasteiger partial charge is 0.116 e. The van der Waals surface area contributed by atoms with E-state index in [4.69, 9.17) is 11.5 Å². The average molecular weight is 194 g/mol. The maximum absolute atomic E-state index is 9.37. The van der Waals surface area contributed by atoms with E-state index in [0.717, 1.165) is 16.7 Å². The van der Waals surface area contributed by atoms with Gasteiger partial charge in [-0.05, 0) is 49.6 Å². The summed E-state index contributed by atoms with van der Waals surface area (Å²) >= 11 is 0. The van der Waals surface area contributed by atoms with Crippen LogP contribution in [0.1, 0.15) is 29.7 Å². The fourth-order valence-electron chi connectivity index (χ4n) is 1.74. The van der Waals surface area contributed by atoms with Crippen LogP contribution in [0.5, 0.6) is 5.75 Å². The Morgan fingerprint density at radius 3 is 1.93 bits per heavy atom. The number of nitrogens with two attached hydrogens (primary N) is 2. The number of benzene rings is 1. The van der Waals surface area contributed by atoms with Gasteiger partial charge in [0.2, 0.25) is 0 Å². The molecule has 2 unspecified atom stereocenters. The van der Waals surface area contributed by atoms with Crippen molar-refractivity contribution in [3.05, 3.63) is 28.8 Å². The van der Waals surface area contributed by atoms with Crippen LogP contribution in [0.4, 0.5) is 0 Å². The van der Waals surface area contributed by atoms with E-state index < -0.39 is 0 Å². The molecule has 0 saturated carbocycles. The van der Waals surface area contributed by atoms with Crippen molar-refractivity contribution >= 4 is 0 Å². The molecular weight excluding hydrogens is 176 g/mol. The van der Waals surface area contributed by atoms with Gasteiger partial charge in [-0.25, -0.2) is 0 Å². The topological polar surface area (TPSA) is 72.3 Å². The zero-order chi connectivity index (χ0) is 10.9. The molecule has 0 amide bonds. The van der Waals surface area contributed by atoms with Gasteiger partial charge in [0.05, 0.1) is 0 Å². The van der Waals surface area contributed by atoms with Gasteiger partial charge >= 0.3 is 0 Å². The van der Waals surface area contributed by atoms with E-state index in [1.165, 1.54) is 0 Å². The molecule has 0 bridgehead atoms. The first-order valence-electron chi connectivity index (χ1n) is 4.74. The molecule has 0 aliphatic carbocycles. The molecule has 0 aromatic heterocycles. The molecule has 3 heteroatoms. The molecule has 1 aromatic rings. The minimum atomic E-state index is -0.171. The first kappa shape index (κ1) is 11.0. The van der Waals surface area contributed by atoms with Crippen molar-refractivity contribution in [3.63, 3.8) is 0 Å². The van der Waals surface area contributed by atoms with Crippen LogP contribution in [0, 0.1) is 13.8 Å². The molecule has 0 radical (unpaired) electrons. The third kappa shape index (κ3) is 2.05. The molecule has 78 valence electrons. The summed E-state index contributed by atoms with van der Waals surface area (Å²) in [6.07, 6.45) is 0. The number of rotatable bonds is 2. The Morgan fingerprint density at radius 2 is 1.57 bits per heavy atom. The van der Waals surface area contributed by atoms with Crippen LogP contribution in [0.15, 0.2) is 12.1 Å². The quantitative estimate of drug-likeness (QED) is 0.665. The van der Waals surface area contributed by atoms with E-state index in [9.17, 15) is 5.11 Å². The van der Waals surface area contributed by atoms with Gasteiger partial charge < -0.3 is 16.6 Å². The summed E-state index contributed by atoms with van der Waals surface area (Å²) < 4.78 is 0. The molecule has 2 atom stereocenters. The van der Waals surface area contributed by atoms with Gasteiger partial charge in [0.15, 0.2) is 0 Å². The van der Waals surface area contributed by atoms with Gasteiger partial charge in [0.25, 0.3) is 0 Å². The average Bonchev–Trinajstić information content (AvgIpc) is 2.01. The molecule has 0 heterocycles. The third-order valence-corrected chi connectivity index (χ3v) is 2.48. The fraction of sp³-hybridized carbons (Fsp3) is 0.455. The summed E-state index contributed by atoms with van der Waals surface area (Å²) in [5.74, 6) is 0.278. The van der Waals surface area contributed by atoms with Gasteiger partial charge in [0, 0.05) is 12.1 Å². The Bertz CT molecular complexity index is 311. The highest BCUT2D eigenvalue weighted by atomic mass is 16.3. The number of hydrogen-bond donors (Lipinski definition) is 3. The zero-order valence-corrected chi connectivity index (χ0v) is 8.91. The largest absolute Gasteiger partial charge is 0.508 e. The van der Waals surface area contributed by atoms with E-state index in [1.54, 1.807) is 12.1 Å². The maximum atomic E-state index is 9.37. The maximum Gasteiger partial charge on any atom is 0.116 e. The van der Waals surface area contributed by atoms with E-state index in [-0.39, 0.29) is 17.8 Å². The van der Waals surface area contributed by atoms with Gasteiger partial charge in [-0.15, -0.1) is 0 Å². The molecule has 3 nitrogen and oxygen atoms in total. The zero-order valence-electron chi connectivity index (χ0n) is 8.91. The number of phenolic OH excluding ortho intramolecular Hbond substituents is 1. The second kappa shape index (κ2) is 3.98. The lowest BCUT2D eigenvalue weighted by molar-refractivity contribution is 0.473. The third-order valence-electron chi connectivity index (χ3n) is 2.48. The van der Waals surface area contributed by atoms with Crippen LogP contribution in [-0.4, -0.2) is 11.1 Å². The lowest BCUT2D eigenvalue weighted by Gasteiger charge is -2.20. The second-order valence-corrected chi connectivity index (χ2v) is 3.88. The van der Waals surface area contributed by atoms with Crippen LogP contribution in [0.2, 0.25) is 0 Å². The lowest BCUT2D eigenvalue weighted by Crippen LogP contribution is -2.32. The van der Waals surface area contributed by atoms with Crippen molar-refractivity contribution in [2.24, 2.45) is 11.5 Å². The standard InChI is InChI=1S/C11H18N2O/c1-6-4-9(14)5-7(2)10(6)11(13)8(3)12/h4-5,8,11,14H,12-13H2,1-3H3. The summed E-state index contributed by atoms with van der Waals surface area (Å²) in [5.41, 5.74) is 14.8. The van der Waals surface area contributed by atoms with Crippen molar-refractivity contribution in [1.82, 2.24) is 0 Å². The number of hydrogen-bond acceptors (Lipinski definition) is 3. The molecule has 14 heavy (non-hydrogen) atoms. The van der Waals surface area contributed by atoms with Gasteiger partial charge in [0.1, 0.15) is 5.75 Å². The highest BCUT2D eigenvalue weighted by Crippen LogP contribution is 2.26. The van der Waals surface area contributed by atoms with Gasteiger partial charge in [-0.1, -0.05) is 0 Å². The predicted octanol–water partition coefficient (Wildman–Crippen LogP) is 1.36. The SMILES string of the molecule is Cc1cc(O)cc(C)c1C(N)C(C)N. The Hall–Kier alpha value is -1.06. The normalized spacial score (nSPS) is 15.2. The van der Waals surface area contributed by atoms with Crippen LogP contribution in [0.25, 0.3) is 0 Å². The van der Waals surface area contributed by atoms with Crippen LogP contribution in [-0.2, 0) is 0 Å². The second-order valence-electron chi connectivity index (χ2n) is 3.88. The van der Waals surface area contributed by atoms with Crippen LogP contribution >= 0.6 is 0 Å². The molecule has 0 spiro atoms. The Balaban J connectivity index is 3.20. The summed E-state index contributed by atoms with van der Waals surface area (Å²) in [4.78, 5) is 0. The van der Waals surface area contributed by atoms with E-state index in [1.807, 2.05) is 20.8 Å². The number of aryl methyl sites for hydroxylation is 2. The Morgan fingerprint density at radius 1 is 1.14 bits per heavy atom. The molecule has 5 N–H and O–H groups in total. The predicted molar refractivity (Wildman–Crippen MR) is 58.2 cm³/mol. The van der Waals surface area contributed by atoms with Gasteiger partial charge in [-0.2, -0.15) is 0 Å². The summed E-state index contributed by atoms with van der Waals surface area (Å²) in [5, 5.41) is 9.37. The van der Waals surface area contributed by atoms with Crippen LogP contribution < -0.4 is 11.5 Å². The van der Waals surface area contributed by atoms with Crippen molar-refractivity contribution in [2.75, 3.05) is 0 Å². The minimum Gasteiger partial charge on any atom is -0.508 e. The summed E-state index contributed by atoms with van der Waals surface area (Å²) in [6.45, 7) is 5.75. The summed E-state index contributed by atoms with van der Waals surface area (Å²) in [6, 6.07) is 3.17. The van der Waals surface area contributed by atoms with Crippen molar-refractivity contribution in [2.45, 2.75) is 32.9 Å². The highest BCUT2D eigenvalue weighted by molar-refractivity contribution is 5.42. The van der Waals surface area contributed by atoms with Crippen molar-refractivity contribution in [3.8, 4) is 5.75 Å². The Labute approximate surface area is 84.7 Å². The minimum absolute atomic E-state index is 0.0862. The van der Waals surface area contributed by atoms with Crippen molar-refractivity contribution < 1.29 is 5.11 Å². The first-order chi connectivity index (χ1) is 6.43. The molecule has 1 rings (SSSR count). The Kier molecular flexibility index (Phi) is 3.13. The molecule has 0 saturated heterocycles. The van der Waals surface area contributed by atoms with E-state index >= 15 is 0 Å². The van der Waals surface area contributed by atoms with Crippen LogP contribution in [0.3, 0.4) is 0 Å². The molecule has 0 fully saturated rings. The highest BCUT2D eigenvalue weighted by Gasteiger charge is 2.16. The number of phenols is 1. The summed E-state index contributed by atoms with van der Waals surface area (Å²) in [7, 11) is 0. The molecule has 0 aliphatic rings. The number of aromatic hydroxyl groups is 1. The molecule has 1 aromatic carbocycles. The monoisotopic (exact) mass is 194 g/mol. The van der Waals surface area contributed by atoms with E-state index in [0.29, 0.717) is 0 Å². The van der Waals surface area contributed by atoms with E-state index in [2.05, 4.69) is 0 Å². The van der Waals surface area contributed by atoms with Gasteiger partial charge in [-0.3, -0.25) is 0 Å². The fourth-order valence-corrected chi connectivity index (χ4v) is 1.74. The van der Waals surface area contributed by atoms with Crippen molar-refractivity contribution in [1.29, 1.82) is 0 Å². The molecular formula is C11H18N2O.